The maximum Gasteiger partial charge on any atom is 0.230 e. The molecule has 0 saturated heterocycles. The molecule has 1 atom stereocenters. The van der Waals surface area contributed by atoms with Crippen LogP contribution < -0.4 is 5.32 Å². The number of hydrogen-bond acceptors (Lipinski definition) is 3. The van der Waals surface area contributed by atoms with Gasteiger partial charge in [-0.2, -0.15) is 5.10 Å². The fraction of sp³-hybridized carbons (Fsp3) is 0.444. The first kappa shape index (κ1) is 16.9. The molecule has 0 saturated carbocycles. The van der Waals surface area contributed by atoms with Crippen LogP contribution in [-0.4, -0.2) is 19.9 Å². The SMILES string of the molecule is Cc1ccc(-n2nc3c(c2NC(=O)C(C)(C)C)C[S@](=O)C3)c(C)c1. The van der Waals surface area contributed by atoms with E-state index < -0.39 is 16.2 Å². The first-order valence-electron chi connectivity index (χ1n) is 8.01. The lowest BCUT2D eigenvalue weighted by atomic mass is 9.95. The second kappa shape index (κ2) is 5.84. The lowest BCUT2D eigenvalue weighted by Crippen LogP contribution is -2.29. The number of fused-ring (bicyclic) bond motifs is 1. The van der Waals surface area contributed by atoms with Crippen molar-refractivity contribution in [2.24, 2.45) is 5.41 Å². The minimum absolute atomic E-state index is 0.0751. The molecule has 2 aromatic rings. The molecule has 3 rings (SSSR count). The van der Waals surface area contributed by atoms with Crippen molar-refractivity contribution in [3.63, 3.8) is 0 Å². The molecule has 0 aliphatic carbocycles. The van der Waals surface area contributed by atoms with Crippen molar-refractivity contribution in [2.45, 2.75) is 46.1 Å². The summed E-state index contributed by atoms with van der Waals surface area (Å²) >= 11 is 0. The van der Waals surface area contributed by atoms with Gasteiger partial charge in [-0.1, -0.05) is 38.5 Å². The highest BCUT2D eigenvalue weighted by Crippen LogP contribution is 2.33. The number of carbonyl (C=O) groups is 1. The standard InChI is InChI=1S/C18H23N3O2S/c1-11-6-7-15(12(2)8-11)21-16(19-17(22)18(3,4)5)13-9-24(23)10-14(13)20-21/h6-8H,9-10H2,1-5H3,(H,19,22)/t24-/m0/s1. The van der Waals surface area contributed by atoms with Gasteiger partial charge in [-0.15, -0.1) is 0 Å². The third kappa shape index (κ3) is 3.02. The van der Waals surface area contributed by atoms with Crippen LogP contribution in [0.1, 0.15) is 43.2 Å². The number of hydrogen-bond donors (Lipinski definition) is 1. The molecule has 1 aromatic carbocycles. The molecule has 5 nitrogen and oxygen atoms in total. The molecule has 24 heavy (non-hydrogen) atoms. The van der Waals surface area contributed by atoms with Crippen molar-refractivity contribution in [1.29, 1.82) is 0 Å². The molecule has 128 valence electrons. The Labute approximate surface area is 144 Å². The highest BCUT2D eigenvalue weighted by atomic mass is 32.2. The molecule has 0 fully saturated rings. The van der Waals surface area contributed by atoms with Crippen molar-refractivity contribution < 1.29 is 9.00 Å². The predicted molar refractivity (Wildman–Crippen MR) is 96.7 cm³/mol. The van der Waals surface area contributed by atoms with Crippen LogP contribution in [0.2, 0.25) is 0 Å². The molecule has 0 bridgehead atoms. The van der Waals surface area contributed by atoms with Crippen molar-refractivity contribution in [1.82, 2.24) is 9.78 Å². The van der Waals surface area contributed by atoms with Gasteiger partial charge in [0.15, 0.2) is 0 Å². The number of nitrogens with zero attached hydrogens (tertiary/aromatic N) is 2. The number of amides is 1. The van der Waals surface area contributed by atoms with E-state index in [9.17, 15) is 9.00 Å². The fourth-order valence-corrected chi connectivity index (χ4v) is 4.03. The van der Waals surface area contributed by atoms with E-state index in [2.05, 4.69) is 16.5 Å². The van der Waals surface area contributed by atoms with E-state index >= 15 is 0 Å². The maximum atomic E-state index is 12.5. The summed E-state index contributed by atoms with van der Waals surface area (Å²) in [5.41, 5.74) is 4.40. The molecule has 1 aromatic heterocycles. The summed E-state index contributed by atoms with van der Waals surface area (Å²) in [6.45, 7) is 9.70. The van der Waals surface area contributed by atoms with Crippen LogP contribution in [-0.2, 0) is 27.1 Å². The van der Waals surface area contributed by atoms with Gasteiger partial charge < -0.3 is 5.32 Å². The minimum Gasteiger partial charge on any atom is -0.310 e. The average Bonchev–Trinajstić information content (AvgIpc) is 2.95. The molecular weight excluding hydrogens is 322 g/mol. The van der Waals surface area contributed by atoms with Gasteiger partial charge in [0, 0.05) is 21.8 Å². The first-order chi connectivity index (χ1) is 11.2. The summed E-state index contributed by atoms with van der Waals surface area (Å²) in [6, 6.07) is 6.13. The van der Waals surface area contributed by atoms with Gasteiger partial charge in [0.05, 0.1) is 22.9 Å². The van der Waals surface area contributed by atoms with Gasteiger partial charge in [0.1, 0.15) is 5.82 Å². The first-order valence-corrected chi connectivity index (χ1v) is 9.50. The second-order valence-electron chi connectivity index (χ2n) is 7.41. The van der Waals surface area contributed by atoms with E-state index in [1.165, 1.54) is 5.56 Å². The van der Waals surface area contributed by atoms with Crippen molar-refractivity contribution >= 4 is 22.5 Å². The number of aryl methyl sites for hydroxylation is 2. The molecule has 2 heterocycles. The molecule has 1 N–H and O–H groups in total. The predicted octanol–water partition coefficient (Wildman–Crippen LogP) is 3.24. The van der Waals surface area contributed by atoms with E-state index in [0.717, 1.165) is 22.5 Å². The van der Waals surface area contributed by atoms with Gasteiger partial charge in [0.2, 0.25) is 5.91 Å². The Kier molecular flexibility index (Phi) is 4.11. The Morgan fingerprint density at radius 2 is 1.96 bits per heavy atom. The van der Waals surface area contributed by atoms with Crippen molar-refractivity contribution in [2.75, 3.05) is 5.32 Å². The third-order valence-electron chi connectivity index (χ3n) is 4.16. The van der Waals surface area contributed by atoms with Crippen LogP contribution in [0.3, 0.4) is 0 Å². The summed E-state index contributed by atoms with van der Waals surface area (Å²) in [5.74, 6) is 1.47. The lowest BCUT2D eigenvalue weighted by Gasteiger charge is -2.19. The maximum absolute atomic E-state index is 12.5. The summed E-state index contributed by atoms with van der Waals surface area (Å²) in [4.78, 5) is 12.5. The smallest absolute Gasteiger partial charge is 0.230 e. The highest BCUT2D eigenvalue weighted by Gasteiger charge is 2.31. The summed E-state index contributed by atoms with van der Waals surface area (Å²) in [6.07, 6.45) is 0. The van der Waals surface area contributed by atoms with Gasteiger partial charge in [-0.3, -0.25) is 9.00 Å². The van der Waals surface area contributed by atoms with E-state index in [4.69, 9.17) is 0 Å². The van der Waals surface area contributed by atoms with Crippen molar-refractivity contribution in [3.8, 4) is 5.69 Å². The lowest BCUT2D eigenvalue weighted by molar-refractivity contribution is -0.123. The quantitative estimate of drug-likeness (QED) is 0.909. The van der Waals surface area contributed by atoms with Crippen LogP contribution in [0.15, 0.2) is 18.2 Å². The molecule has 1 aliphatic rings. The second-order valence-corrected chi connectivity index (χ2v) is 8.87. The van der Waals surface area contributed by atoms with Gasteiger partial charge in [-0.25, -0.2) is 4.68 Å². The normalized spacial score (nSPS) is 17.0. The Morgan fingerprint density at radius 1 is 1.25 bits per heavy atom. The van der Waals surface area contributed by atoms with E-state index in [0.29, 0.717) is 17.3 Å². The number of aromatic nitrogens is 2. The number of benzene rings is 1. The van der Waals surface area contributed by atoms with Crippen LogP contribution in [0.4, 0.5) is 5.82 Å². The molecule has 0 spiro atoms. The summed E-state index contributed by atoms with van der Waals surface area (Å²) in [7, 11) is -0.935. The number of nitrogens with one attached hydrogen (secondary N) is 1. The number of rotatable bonds is 2. The molecule has 1 amide bonds. The monoisotopic (exact) mass is 345 g/mol. The minimum atomic E-state index is -0.935. The Balaban J connectivity index is 2.12. The zero-order chi connectivity index (χ0) is 17.6. The highest BCUT2D eigenvalue weighted by molar-refractivity contribution is 7.83. The van der Waals surface area contributed by atoms with Crippen LogP contribution in [0, 0.1) is 19.3 Å². The zero-order valence-corrected chi connectivity index (χ0v) is 15.6. The van der Waals surface area contributed by atoms with Crippen LogP contribution in [0.5, 0.6) is 0 Å². The molecule has 0 radical (unpaired) electrons. The third-order valence-corrected chi connectivity index (χ3v) is 5.37. The summed E-state index contributed by atoms with van der Waals surface area (Å²) in [5, 5.41) is 7.66. The molecule has 1 aliphatic heterocycles. The van der Waals surface area contributed by atoms with Gasteiger partial charge in [0.25, 0.3) is 0 Å². The Bertz CT molecular complexity index is 847. The van der Waals surface area contributed by atoms with Crippen LogP contribution >= 0.6 is 0 Å². The molecule has 6 heteroatoms. The van der Waals surface area contributed by atoms with Crippen LogP contribution in [0.25, 0.3) is 5.69 Å². The number of carbonyl (C=O) groups excluding carboxylic acids is 1. The zero-order valence-electron chi connectivity index (χ0n) is 14.8. The number of anilines is 1. The average molecular weight is 345 g/mol. The molecular formula is C18H23N3O2S. The van der Waals surface area contributed by atoms with Crippen molar-refractivity contribution in [3.05, 3.63) is 40.6 Å². The Morgan fingerprint density at radius 3 is 2.58 bits per heavy atom. The van der Waals surface area contributed by atoms with E-state index in [1.807, 2.05) is 46.8 Å². The summed E-state index contributed by atoms with van der Waals surface area (Å²) < 4.78 is 13.7. The van der Waals surface area contributed by atoms with Gasteiger partial charge in [-0.05, 0) is 25.5 Å². The largest absolute Gasteiger partial charge is 0.310 e. The topological polar surface area (TPSA) is 64.0 Å². The van der Waals surface area contributed by atoms with E-state index in [-0.39, 0.29) is 5.91 Å². The van der Waals surface area contributed by atoms with Gasteiger partial charge >= 0.3 is 0 Å². The molecule has 0 unspecified atom stereocenters. The Hall–Kier alpha value is -1.95. The fourth-order valence-electron chi connectivity index (χ4n) is 2.77. The van der Waals surface area contributed by atoms with E-state index in [1.54, 1.807) is 4.68 Å².